The van der Waals surface area contributed by atoms with Crippen LogP contribution in [0.25, 0.3) is 0 Å². The van der Waals surface area contributed by atoms with E-state index in [4.69, 9.17) is 4.74 Å². The van der Waals surface area contributed by atoms with E-state index in [-0.39, 0.29) is 11.4 Å². The molecule has 0 saturated carbocycles. The van der Waals surface area contributed by atoms with Crippen molar-refractivity contribution >= 4 is 5.90 Å². The smallest absolute Gasteiger partial charge is 0.219 e. The predicted molar refractivity (Wildman–Crippen MR) is 76.1 cm³/mol. The molecular weight excluding hydrogens is 241 g/mol. The molecule has 1 aromatic rings. The molecule has 2 nitrogen and oxygen atoms in total. The van der Waals surface area contributed by atoms with E-state index in [1.807, 2.05) is 32.9 Å². The first kappa shape index (κ1) is 13.8. The molecule has 1 aliphatic heterocycles. The highest BCUT2D eigenvalue weighted by Gasteiger charge is 2.28. The van der Waals surface area contributed by atoms with Crippen molar-refractivity contribution < 1.29 is 9.13 Å². The minimum Gasteiger partial charge on any atom is -0.475 e. The lowest BCUT2D eigenvalue weighted by atomic mass is 10.1. The standard InChI is InChI=1S/C16H20FNO/c1-4-5-6-7-12-8-9-13(14(17)10-12)15-18-16(2,3)11-19-15/h4-5,8-10H,6-7,11H2,1-3H3/b5-4+. The zero-order valence-electron chi connectivity index (χ0n) is 11.7. The van der Waals surface area contributed by atoms with Gasteiger partial charge in [-0.2, -0.15) is 0 Å². The van der Waals surface area contributed by atoms with Crippen LogP contribution < -0.4 is 0 Å². The van der Waals surface area contributed by atoms with Crippen molar-refractivity contribution in [1.29, 1.82) is 0 Å². The predicted octanol–water partition coefficient (Wildman–Crippen LogP) is 3.89. The van der Waals surface area contributed by atoms with Gasteiger partial charge in [-0.3, -0.25) is 0 Å². The van der Waals surface area contributed by atoms with Crippen LogP contribution in [0.15, 0.2) is 35.3 Å². The van der Waals surface area contributed by atoms with Gasteiger partial charge in [-0.25, -0.2) is 9.38 Å². The molecule has 0 N–H and O–H groups in total. The molecule has 1 aliphatic rings. The van der Waals surface area contributed by atoms with Crippen LogP contribution in [-0.2, 0) is 11.2 Å². The van der Waals surface area contributed by atoms with E-state index in [0.29, 0.717) is 18.1 Å². The second-order valence-electron chi connectivity index (χ2n) is 5.44. The number of hydrogen-bond donors (Lipinski definition) is 0. The number of benzene rings is 1. The Labute approximate surface area is 114 Å². The van der Waals surface area contributed by atoms with Crippen LogP contribution in [0.2, 0.25) is 0 Å². The molecular formula is C16H20FNO. The molecule has 19 heavy (non-hydrogen) atoms. The third kappa shape index (κ3) is 3.43. The Morgan fingerprint density at radius 3 is 2.79 bits per heavy atom. The van der Waals surface area contributed by atoms with E-state index >= 15 is 0 Å². The van der Waals surface area contributed by atoms with Crippen LogP contribution in [0.1, 0.15) is 38.3 Å². The van der Waals surface area contributed by atoms with E-state index in [2.05, 4.69) is 11.1 Å². The molecule has 3 heteroatoms. The second-order valence-corrected chi connectivity index (χ2v) is 5.44. The van der Waals surface area contributed by atoms with E-state index in [1.54, 1.807) is 12.1 Å². The summed E-state index contributed by atoms with van der Waals surface area (Å²) in [5.74, 6) is 0.164. The molecule has 0 spiro atoms. The maximum atomic E-state index is 14.1. The average molecular weight is 261 g/mol. The zero-order valence-corrected chi connectivity index (χ0v) is 11.7. The normalized spacial score (nSPS) is 17.6. The number of ether oxygens (including phenoxy) is 1. The number of halogens is 1. The first-order valence-electron chi connectivity index (χ1n) is 6.64. The fourth-order valence-electron chi connectivity index (χ4n) is 2.03. The monoisotopic (exact) mass is 261 g/mol. The van der Waals surface area contributed by atoms with Crippen LogP contribution >= 0.6 is 0 Å². The molecule has 102 valence electrons. The summed E-state index contributed by atoms with van der Waals surface area (Å²) in [6.07, 6.45) is 5.87. The van der Waals surface area contributed by atoms with Crippen molar-refractivity contribution in [2.45, 2.75) is 39.2 Å². The summed E-state index contributed by atoms with van der Waals surface area (Å²) in [4.78, 5) is 4.40. The lowest BCUT2D eigenvalue weighted by molar-refractivity contribution is 0.279. The largest absolute Gasteiger partial charge is 0.475 e. The third-order valence-corrected chi connectivity index (χ3v) is 3.07. The van der Waals surface area contributed by atoms with Crippen molar-refractivity contribution in [3.05, 3.63) is 47.3 Å². The zero-order chi connectivity index (χ0) is 13.9. The van der Waals surface area contributed by atoms with Crippen LogP contribution in [0, 0.1) is 5.82 Å². The lowest BCUT2D eigenvalue weighted by Crippen LogP contribution is -2.17. The quantitative estimate of drug-likeness (QED) is 0.753. The SMILES string of the molecule is C/C=C/CCc1ccc(C2=NC(C)(C)CO2)c(F)c1. The molecule has 2 rings (SSSR count). The fourth-order valence-corrected chi connectivity index (χ4v) is 2.03. The molecule has 0 saturated heterocycles. The first-order chi connectivity index (χ1) is 9.02. The molecule has 0 bridgehead atoms. The fraction of sp³-hybridized carbons (Fsp3) is 0.438. The highest BCUT2D eigenvalue weighted by molar-refractivity contribution is 5.95. The van der Waals surface area contributed by atoms with Gasteiger partial charge >= 0.3 is 0 Å². The van der Waals surface area contributed by atoms with Crippen LogP contribution in [0.4, 0.5) is 4.39 Å². The van der Waals surface area contributed by atoms with Gasteiger partial charge < -0.3 is 4.74 Å². The van der Waals surface area contributed by atoms with Gasteiger partial charge in [0.1, 0.15) is 12.4 Å². The van der Waals surface area contributed by atoms with Crippen molar-refractivity contribution in [2.24, 2.45) is 4.99 Å². The number of aliphatic imine (C=N–C) groups is 1. The minimum absolute atomic E-state index is 0.255. The van der Waals surface area contributed by atoms with E-state index in [1.165, 1.54) is 0 Å². The second kappa shape index (κ2) is 5.55. The van der Waals surface area contributed by atoms with Crippen molar-refractivity contribution in [3.8, 4) is 0 Å². The number of nitrogens with zero attached hydrogens (tertiary/aromatic N) is 1. The van der Waals surface area contributed by atoms with Gasteiger partial charge in [0.25, 0.3) is 0 Å². The molecule has 1 aromatic carbocycles. The minimum atomic E-state index is -0.258. The molecule has 0 aliphatic carbocycles. The number of allylic oxidation sites excluding steroid dienone is 2. The summed E-state index contributed by atoms with van der Waals surface area (Å²) in [6, 6.07) is 5.29. The molecule has 0 atom stereocenters. The Morgan fingerprint density at radius 1 is 1.42 bits per heavy atom. The van der Waals surface area contributed by atoms with Gasteiger partial charge in [0.05, 0.1) is 11.1 Å². The number of rotatable bonds is 4. The number of hydrogen-bond acceptors (Lipinski definition) is 2. The molecule has 0 amide bonds. The average Bonchev–Trinajstić information content (AvgIpc) is 2.70. The number of aryl methyl sites for hydroxylation is 1. The molecule has 1 heterocycles. The van der Waals surface area contributed by atoms with Crippen molar-refractivity contribution in [1.82, 2.24) is 0 Å². The maximum Gasteiger partial charge on any atom is 0.219 e. The summed E-state index contributed by atoms with van der Waals surface area (Å²) < 4.78 is 19.6. The van der Waals surface area contributed by atoms with E-state index in [0.717, 1.165) is 18.4 Å². The van der Waals surface area contributed by atoms with Crippen LogP contribution in [0.5, 0.6) is 0 Å². The Bertz CT molecular complexity index is 517. The Morgan fingerprint density at radius 2 is 2.21 bits per heavy atom. The Kier molecular flexibility index (Phi) is 4.03. The van der Waals surface area contributed by atoms with E-state index < -0.39 is 0 Å². The van der Waals surface area contributed by atoms with Crippen molar-refractivity contribution in [2.75, 3.05) is 6.61 Å². The summed E-state index contributed by atoms with van der Waals surface area (Å²) in [6.45, 7) is 6.44. The molecule has 0 aromatic heterocycles. The summed E-state index contributed by atoms with van der Waals surface area (Å²) in [5, 5.41) is 0. The summed E-state index contributed by atoms with van der Waals surface area (Å²) >= 11 is 0. The van der Waals surface area contributed by atoms with Gasteiger partial charge in [-0.1, -0.05) is 18.2 Å². The van der Waals surface area contributed by atoms with Gasteiger partial charge in [0.15, 0.2) is 0 Å². The highest BCUT2D eigenvalue weighted by Crippen LogP contribution is 2.22. The Hall–Kier alpha value is -1.64. The summed E-state index contributed by atoms with van der Waals surface area (Å²) in [7, 11) is 0. The van der Waals surface area contributed by atoms with Gasteiger partial charge in [-0.05, 0) is 51.3 Å². The summed E-state index contributed by atoms with van der Waals surface area (Å²) in [5.41, 5.74) is 1.20. The van der Waals surface area contributed by atoms with Gasteiger partial charge in [0.2, 0.25) is 5.90 Å². The molecule has 0 fully saturated rings. The maximum absolute atomic E-state index is 14.1. The molecule has 0 radical (unpaired) electrons. The highest BCUT2D eigenvalue weighted by atomic mass is 19.1. The first-order valence-corrected chi connectivity index (χ1v) is 6.64. The van der Waals surface area contributed by atoms with Gasteiger partial charge in [0, 0.05) is 0 Å². The van der Waals surface area contributed by atoms with Crippen molar-refractivity contribution in [3.63, 3.8) is 0 Å². The topological polar surface area (TPSA) is 21.6 Å². The molecule has 0 unspecified atom stereocenters. The Balaban J connectivity index is 2.16. The third-order valence-electron chi connectivity index (χ3n) is 3.07. The lowest BCUT2D eigenvalue weighted by Gasteiger charge is -2.07. The van der Waals surface area contributed by atoms with Crippen LogP contribution in [-0.4, -0.2) is 18.0 Å². The van der Waals surface area contributed by atoms with E-state index in [9.17, 15) is 4.39 Å². The van der Waals surface area contributed by atoms with Gasteiger partial charge in [-0.15, -0.1) is 0 Å². The van der Waals surface area contributed by atoms with Crippen LogP contribution in [0.3, 0.4) is 0 Å².